The van der Waals surface area contributed by atoms with Crippen LogP contribution >= 0.6 is 0 Å². The van der Waals surface area contributed by atoms with Crippen LogP contribution in [0.15, 0.2) is 22.7 Å². The molecule has 6 nitrogen and oxygen atoms in total. The maximum Gasteiger partial charge on any atom is 0.223 e. The van der Waals surface area contributed by atoms with Gasteiger partial charge in [0.15, 0.2) is 5.82 Å². The van der Waals surface area contributed by atoms with Crippen LogP contribution < -0.4 is 10.1 Å². The van der Waals surface area contributed by atoms with E-state index in [1.807, 2.05) is 6.92 Å². The van der Waals surface area contributed by atoms with Gasteiger partial charge in [-0.3, -0.25) is 0 Å². The third kappa shape index (κ3) is 3.22. The molecule has 0 radical (unpaired) electrons. The van der Waals surface area contributed by atoms with Crippen LogP contribution in [0.4, 0.5) is 5.69 Å². The summed E-state index contributed by atoms with van der Waals surface area (Å²) in [5.74, 6) is 1.77. The molecule has 1 aromatic carbocycles. The van der Waals surface area contributed by atoms with Gasteiger partial charge >= 0.3 is 0 Å². The van der Waals surface area contributed by atoms with Crippen LogP contribution in [-0.2, 0) is 6.54 Å². The van der Waals surface area contributed by atoms with Crippen LogP contribution in [-0.4, -0.2) is 16.7 Å². The summed E-state index contributed by atoms with van der Waals surface area (Å²) in [7, 11) is 0. The molecule has 0 atom stereocenters. The molecule has 0 aliphatic rings. The van der Waals surface area contributed by atoms with Gasteiger partial charge < -0.3 is 14.6 Å². The largest absolute Gasteiger partial charge is 0.492 e. The Balaban J connectivity index is 2.15. The summed E-state index contributed by atoms with van der Waals surface area (Å²) in [5.41, 5.74) is 1.30. The second kappa shape index (κ2) is 5.87. The Bertz CT molecular complexity index is 601. The van der Waals surface area contributed by atoms with E-state index in [1.165, 1.54) is 0 Å². The van der Waals surface area contributed by atoms with E-state index in [0.29, 0.717) is 36.2 Å². The van der Waals surface area contributed by atoms with Crippen molar-refractivity contribution in [3.05, 3.63) is 35.5 Å². The summed E-state index contributed by atoms with van der Waals surface area (Å²) in [6, 6.07) is 7.31. The van der Waals surface area contributed by atoms with Crippen LogP contribution in [0, 0.1) is 18.3 Å². The Labute approximate surface area is 111 Å². The lowest BCUT2D eigenvalue weighted by Crippen LogP contribution is -2.04. The highest BCUT2D eigenvalue weighted by Gasteiger charge is 2.07. The standard InChI is InChI=1S/C13H14N4O2/c1-3-18-12-5-4-10(7-14)6-11(12)15-8-13-16-9(2)19-17-13/h4-6,15H,3,8H2,1-2H3. The normalized spacial score (nSPS) is 9.95. The second-order valence-electron chi connectivity index (χ2n) is 3.84. The Morgan fingerprint density at radius 3 is 2.95 bits per heavy atom. The molecule has 98 valence electrons. The van der Waals surface area contributed by atoms with Crippen LogP contribution in [0.25, 0.3) is 0 Å². The fourth-order valence-corrected chi connectivity index (χ4v) is 1.61. The molecule has 0 unspecified atom stereocenters. The smallest absolute Gasteiger partial charge is 0.223 e. The average molecular weight is 258 g/mol. The Morgan fingerprint density at radius 2 is 2.32 bits per heavy atom. The second-order valence-corrected chi connectivity index (χ2v) is 3.84. The van der Waals surface area contributed by atoms with E-state index < -0.39 is 0 Å². The van der Waals surface area contributed by atoms with E-state index in [9.17, 15) is 0 Å². The molecular weight excluding hydrogens is 244 g/mol. The van der Waals surface area contributed by atoms with Crippen LogP contribution in [0.5, 0.6) is 5.75 Å². The summed E-state index contributed by atoms with van der Waals surface area (Å²) in [6.07, 6.45) is 0. The molecule has 2 rings (SSSR count). The molecule has 0 saturated heterocycles. The third-order valence-corrected chi connectivity index (χ3v) is 2.42. The number of nitrogens with one attached hydrogen (secondary N) is 1. The predicted molar refractivity (Wildman–Crippen MR) is 68.7 cm³/mol. The lowest BCUT2D eigenvalue weighted by molar-refractivity contribution is 0.341. The molecule has 0 spiro atoms. The molecule has 2 aromatic rings. The van der Waals surface area contributed by atoms with Gasteiger partial charge in [0.05, 0.1) is 30.5 Å². The number of hydrogen-bond donors (Lipinski definition) is 1. The monoisotopic (exact) mass is 258 g/mol. The van der Waals surface area contributed by atoms with Crippen molar-refractivity contribution in [3.8, 4) is 11.8 Å². The molecule has 1 aromatic heterocycles. The van der Waals surface area contributed by atoms with E-state index in [0.717, 1.165) is 5.69 Å². The van der Waals surface area contributed by atoms with E-state index in [1.54, 1.807) is 25.1 Å². The van der Waals surface area contributed by atoms with Gasteiger partial charge in [0, 0.05) is 6.92 Å². The van der Waals surface area contributed by atoms with E-state index in [-0.39, 0.29) is 0 Å². The van der Waals surface area contributed by atoms with Gasteiger partial charge in [0.25, 0.3) is 0 Å². The first-order chi connectivity index (χ1) is 9.22. The third-order valence-electron chi connectivity index (χ3n) is 2.42. The fourth-order valence-electron chi connectivity index (χ4n) is 1.61. The quantitative estimate of drug-likeness (QED) is 0.885. The maximum atomic E-state index is 8.91. The first kappa shape index (κ1) is 12.9. The Hall–Kier alpha value is -2.55. The van der Waals surface area contributed by atoms with Crippen molar-refractivity contribution >= 4 is 5.69 Å². The van der Waals surface area contributed by atoms with Crippen molar-refractivity contribution in [2.45, 2.75) is 20.4 Å². The van der Waals surface area contributed by atoms with E-state index in [4.69, 9.17) is 14.5 Å². The van der Waals surface area contributed by atoms with Crippen molar-refractivity contribution in [2.75, 3.05) is 11.9 Å². The van der Waals surface area contributed by atoms with E-state index in [2.05, 4.69) is 21.5 Å². The molecule has 0 fully saturated rings. The van der Waals surface area contributed by atoms with E-state index >= 15 is 0 Å². The average Bonchev–Trinajstić information content (AvgIpc) is 2.83. The molecule has 0 saturated carbocycles. The number of ether oxygens (including phenoxy) is 1. The molecule has 6 heteroatoms. The van der Waals surface area contributed by atoms with Gasteiger partial charge in [0.1, 0.15) is 5.75 Å². The molecule has 1 N–H and O–H groups in total. The molecular formula is C13H14N4O2. The number of benzene rings is 1. The zero-order chi connectivity index (χ0) is 13.7. The van der Waals surface area contributed by atoms with Gasteiger partial charge in [-0.1, -0.05) is 5.16 Å². The van der Waals surface area contributed by atoms with Crippen molar-refractivity contribution in [3.63, 3.8) is 0 Å². The van der Waals surface area contributed by atoms with Crippen molar-refractivity contribution in [1.82, 2.24) is 10.1 Å². The number of aromatic nitrogens is 2. The number of nitrogens with zero attached hydrogens (tertiary/aromatic N) is 3. The number of anilines is 1. The minimum atomic E-state index is 0.409. The lowest BCUT2D eigenvalue weighted by Gasteiger charge is -2.11. The number of aryl methyl sites for hydroxylation is 1. The van der Waals surface area contributed by atoms with Gasteiger partial charge in [-0.25, -0.2) is 0 Å². The highest BCUT2D eigenvalue weighted by Crippen LogP contribution is 2.26. The fraction of sp³-hybridized carbons (Fsp3) is 0.308. The molecule has 1 heterocycles. The van der Waals surface area contributed by atoms with Gasteiger partial charge in [-0.05, 0) is 25.1 Å². The SMILES string of the molecule is CCOc1ccc(C#N)cc1NCc1noc(C)n1. The minimum absolute atomic E-state index is 0.409. The van der Waals surface area contributed by atoms with Crippen LogP contribution in [0.3, 0.4) is 0 Å². The Morgan fingerprint density at radius 1 is 1.47 bits per heavy atom. The lowest BCUT2D eigenvalue weighted by atomic mass is 10.2. The summed E-state index contributed by atoms with van der Waals surface area (Å²) in [4.78, 5) is 4.10. The molecule has 0 aliphatic heterocycles. The summed E-state index contributed by atoms with van der Waals surface area (Å²) in [6.45, 7) is 4.61. The zero-order valence-electron chi connectivity index (χ0n) is 10.8. The zero-order valence-corrected chi connectivity index (χ0v) is 10.8. The number of nitriles is 1. The molecule has 0 bridgehead atoms. The predicted octanol–water partition coefficient (Wildman–Crippen LogP) is 2.26. The Kier molecular flexibility index (Phi) is 3.98. The first-order valence-corrected chi connectivity index (χ1v) is 5.93. The molecule has 0 amide bonds. The van der Waals surface area contributed by atoms with Gasteiger partial charge in [-0.15, -0.1) is 0 Å². The highest BCUT2D eigenvalue weighted by atomic mass is 16.5. The van der Waals surface area contributed by atoms with Gasteiger partial charge in [-0.2, -0.15) is 10.2 Å². The van der Waals surface area contributed by atoms with Crippen molar-refractivity contribution in [2.24, 2.45) is 0 Å². The maximum absolute atomic E-state index is 8.91. The summed E-state index contributed by atoms with van der Waals surface area (Å²) < 4.78 is 10.4. The summed E-state index contributed by atoms with van der Waals surface area (Å²) in [5, 5.41) is 15.8. The topological polar surface area (TPSA) is 84.0 Å². The highest BCUT2D eigenvalue weighted by molar-refractivity contribution is 5.60. The summed E-state index contributed by atoms with van der Waals surface area (Å²) >= 11 is 0. The van der Waals surface area contributed by atoms with Crippen LogP contribution in [0.2, 0.25) is 0 Å². The molecule has 19 heavy (non-hydrogen) atoms. The number of hydrogen-bond acceptors (Lipinski definition) is 6. The molecule has 0 aliphatic carbocycles. The first-order valence-electron chi connectivity index (χ1n) is 5.93. The van der Waals surface area contributed by atoms with Crippen molar-refractivity contribution in [1.29, 1.82) is 5.26 Å². The minimum Gasteiger partial charge on any atom is -0.492 e. The van der Waals surface area contributed by atoms with Gasteiger partial charge in [0.2, 0.25) is 5.89 Å². The number of rotatable bonds is 5. The van der Waals surface area contributed by atoms with Crippen molar-refractivity contribution < 1.29 is 9.26 Å². The van der Waals surface area contributed by atoms with Crippen LogP contribution in [0.1, 0.15) is 24.2 Å².